The Kier molecular flexibility index (Phi) is 8.91. The number of nitrogens with one attached hydrogen (secondary N) is 2. The number of carbonyl (C=O) groups is 2. The van der Waals surface area contributed by atoms with Gasteiger partial charge >= 0.3 is 0 Å². The van der Waals surface area contributed by atoms with Gasteiger partial charge in [-0.25, -0.2) is 9.37 Å². The van der Waals surface area contributed by atoms with E-state index in [-0.39, 0.29) is 24.2 Å². The lowest BCUT2D eigenvalue weighted by Crippen LogP contribution is -2.42. The van der Waals surface area contributed by atoms with Crippen molar-refractivity contribution in [2.24, 2.45) is 5.73 Å². The Labute approximate surface area is 222 Å². The summed E-state index contributed by atoms with van der Waals surface area (Å²) in [6.07, 6.45) is 6.90. The Hall–Kier alpha value is -3.98. The Morgan fingerprint density at radius 3 is 2.53 bits per heavy atom. The van der Waals surface area contributed by atoms with Crippen LogP contribution >= 0.6 is 0 Å². The summed E-state index contributed by atoms with van der Waals surface area (Å²) >= 11 is 0. The first-order valence-electron chi connectivity index (χ1n) is 13.1. The molecule has 1 aliphatic heterocycles. The van der Waals surface area contributed by atoms with Gasteiger partial charge < -0.3 is 21.3 Å². The number of hydrogen-bond acceptors (Lipinski definition) is 5. The molecular formula is C29H35FN6O2. The van der Waals surface area contributed by atoms with Gasteiger partial charge in [0.15, 0.2) is 0 Å². The molecule has 38 heavy (non-hydrogen) atoms. The number of halogens is 1. The van der Waals surface area contributed by atoms with E-state index in [0.29, 0.717) is 30.9 Å². The summed E-state index contributed by atoms with van der Waals surface area (Å²) in [6, 6.07) is 13.6. The van der Waals surface area contributed by atoms with E-state index in [1.807, 2.05) is 42.7 Å². The minimum Gasteiger partial charge on any atom is -0.356 e. The number of imidazole rings is 1. The highest BCUT2D eigenvalue weighted by Crippen LogP contribution is 2.33. The van der Waals surface area contributed by atoms with Gasteiger partial charge in [0.2, 0.25) is 11.8 Å². The molecule has 0 saturated heterocycles. The molecule has 9 heteroatoms. The Morgan fingerprint density at radius 2 is 1.82 bits per heavy atom. The van der Waals surface area contributed by atoms with E-state index in [1.54, 1.807) is 29.4 Å². The highest BCUT2D eigenvalue weighted by molar-refractivity contribution is 5.84. The summed E-state index contributed by atoms with van der Waals surface area (Å²) in [6.45, 7) is 4.85. The van der Waals surface area contributed by atoms with Gasteiger partial charge in [0.05, 0.1) is 12.6 Å². The maximum absolute atomic E-state index is 13.6. The zero-order chi connectivity index (χ0) is 27.1. The summed E-state index contributed by atoms with van der Waals surface area (Å²) in [4.78, 5) is 31.1. The van der Waals surface area contributed by atoms with E-state index in [0.717, 1.165) is 41.9 Å². The number of aryl methyl sites for hydroxylation is 1. The van der Waals surface area contributed by atoms with E-state index in [9.17, 15) is 14.0 Å². The number of hydrogen-bond donors (Lipinski definition) is 3. The van der Waals surface area contributed by atoms with Gasteiger partial charge in [-0.05, 0) is 69.0 Å². The zero-order valence-corrected chi connectivity index (χ0v) is 21.9. The number of benzene rings is 2. The fraction of sp³-hybridized carbons (Fsp3) is 0.345. The van der Waals surface area contributed by atoms with Crippen molar-refractivity contribution in [1.29, 1.82) is 0 Å². The summed E-state index contributed by atoms with van der Waals surface area (Å²) in [5.41, 5.74) is 9.69. The molecule has 2 aromatic carbocycles. The van der Waals surface area contributed by atoms with Gasteiger partial charge in [0, 0.05) is 36.6 Å². The number of carbonyl (C=O) groups excluding carboxylic acids is 2. The van der Waals surface area contributed by atoms with Crippen molar-refractivity contribution in [3.8, 4) is 11.3 Å². The smallest absolute Gasteiger partial charge is 0.243 e. The molecule has 1 aliphatic rings. The maximum atomic E-state index is 13.6. The molecule has 8 nitrogen and oxygen atoms in total. The first-order chi connectivity index (χ1) is 18.4. The molecule has 0 fully saturated rings. The van der Waals surface area contributed by atoms with Crippen LogP contribution in [0.15, 0.2) is 54.7 Å². The number of fused-ring (bicyclic) bond motifs is 1. The second kappa shape index (κ2) is 12.5. The van der Waals surface area contributed by atoms with Crippen molar-refractivity contribution >= 4 is 29.5 Å². The third-order valence-electron chi connectivity index (χ3n) is 6.46. The highest BCUT2D eigenvalue weighted by atomic mass is 19.1. The summed E-state index contributed by atoms with van der Waals surface area (Å²) in [7, 11) is 0. The quantitative estimate of drug-likeness (QED) is 0.312. The monoisotopic (exact) mass is 518 g/mol. The molecule has 2 heterocycles. The third kappa shape index (κ3) is 6.66. The lowest BCUT2D eigenvalue weighted by atomic mass is 10.1. The molecule has 1 unspecified atom stereocenters. The molecule has 0 bridgehead atoms. The molecule has 0 aliphatic carbocycles. The number of aromatic nitrogens is 2. The zero-order valence-electron chi connectivity index (χ0n) is 21.9. The number of nitrogens with zero attached hydrogens (tertiary/aromatic N) is 3. The van der Waals surface area contributed by atoms with Crippen molar-refractivity contribution in [2.45, 2.75) is 58.5 Å². The summed E-state index contributed by atoms with van der Waals surface area (Å²) < 4.78 is 15.5. The van der Waals surface area contributed by atoms with E-state index in [2.05, 4.69) is 10.6 Å². The number of amides is 2. The van der Waals surface area contributed by atoms with E-state index < -0.39 is 6.04 Å². The third-order valence-corrected chi connectivity index (χ3v) is 6.46. The van der Waals surface area contributed by atoms with Crippen LogP contribution in [0.5, 0.6) is 0 Å². The second-order valence-corrected chi connectivity index (χ2v) is 9.56. The number of nitrogens with two attached hydrogens (primary N) is 1. The van der Waals surface area contributed by atoms with Gasteiger partial charge in [-0.2, -0.15) is 0 Å². The second-order valence-electron chi connectivity index (χ2n) is 9.56. The van der Waals surface area contributed by atoms with Crippen LogP contribution in [0.4, 0.5) is 15.9 Å². The molecule has 3 aromatic rings. The lowest BCUT2D eigenvalue weighted by Gasteiger charge is -2.25. The normalized spacial score (nSPS) is 13.2. The topological polar surface area (TPSA) is 105 Å². The molecular weight excluding hydrogens is 483 g/mol. The van der Waals surface area contributed by atoms with E-state index in [1.165, 1.54) is 12.1 Å². The standard InChI is InChI=1S/C29H35FN6O2/c1-3-6-26(37)32-16-5-4-7-24(31)29(38)35-17-18-36-25(19-35)34-27(21-10-12-22(30)13-11-21)28(36)33-23-14-8-20(2)9-15-23/h8-15,17-18,24,33H,3-7,16,19,31H2,1-2H3,(H,32,37). The number of rotatable bonds is 11. The average molecular weight is 519 g/mol. The SMILES string of the molecule is CCCC(=O)NCCCCC(N)C(=O)N1C=Cn2c(nc(-c3ccc(F)cc3)c2Nc2ccc(C)cc2)C1. The summed E-state index contributed by atoms with van der Waals surface area (Å²) in [5.74, 6) is 0.952. The number of anilines is 2. The molecule has 2 amide bonds. The van der Waals surface area contributed by atoms with E-state index in [4.69, 9.17) is 10.7 Å². The summed E-state index contributed by atoms with van der Waals surface area (Å²) in [5, 5.41) is 6.32. The van der Waals surface area contributed by atoms with E-state index >= 15 is 0 Å². The average Bonchev–Trinajstić information content (AvgIpc) is 3.27. The molecule has 0 saturated carbocycles. The largest absolute Gasteiger partial charge is 0.356 e. The minimum absolute atomic E-state index is 0.0538. The molecule has 0 spiro atoms. The van der Waals surface area contributed by atoms with Crippen molar-refractivity contribution in [1.82, 2.24) is 19.8 Å². The molecule has 200 valence electrons. The van der Waals surface area contributed by atoms with Crippen LogP contribution < -0.4 is 16.4 Å². The minimum atomic E-state index is -0.644. The van der Waals surface area contributed by atoms with Crippen LogP contribution in [-0.2, 0) is 16.1 Å². The fourth-order valence-corrected chi connectivity index (χ4v) is 4.33. The van der Waals surface area contributed by atoms with Gasteiger partial charge in [0.25, 0.3) is 0 Å². The van der Waals surface area contributed by atoms with Gasteiger partial charge in [-0.1, -0.05) is 24.6 Å². The molecule has 1 aromatic heterocycles. The van der Waals surface area contributed by atoms with Crippen LogP contribution in [0.2, 0.25) is 0 Å². The predicted molar refractivity (Wildman–Crippen MR) is 148 cm³/mol. The molecule has 4 rings (SSSR count). The highest BCUT2D eigenvalue weighted by Gasteiger charge is 2.26. The van der Waals surface area contributed by atoms with Gasteiger partial charge in [0.1, 0.15) is 23.2 Å². The van der Waals surface area contributed by atoms with Crippen molar-refractivity contribution in [3.05, 3.63) is 71.9 Å². The Bertz CT molecular complexity index is 1280. The van der Waals surface area contributed by atoms with Gasteiger partial charge in [-0.3, -0.25) is 14.2 Å². The van der Waals surface area contributed by atoms with Crippen LogP contribution in [0, 0.1) is 12.7 Å². The molecule has 0 radical (unpaired) electrons. The van der Waals surface area contributed by atoms with Gasteiger partial charge in [-0.15, -0.1) is 0 Å². The predicted octanol–water partition coefficient (Wildman–Crippen LogP) is 4.93. The lowest BCUT2D eigenvalue weighted by molar-refractivity contribution is -0.130. The van der Waals surface area contributed by atoms with Crippen molar-refractivity contribution in [3.63, 3.8) is 0 Å². The van der Waals surface area contributed by atoms with Crippen molar-refractivity contribution in [2.75, 3.05) is 11.9 Å². The van der Waals surface area contributed by atoms with Crippen LogP contribution in [0.3, 0.4) is 0 Å². The first kappa shape index (κ1) is 27.1. The Balaban J connectivity index is 1.46. The van der Waals surface area contributed by atoms with Crippen molar-refractivity contribution < 1.29 is 14.0 Å². The Morgan fingerprint density at radius 1 is 1.08 bits per heavy atom. The number of unbranched alkanes of at least 4 members (excludes halogenated alkanes) is 1. The fourth-order valence-electron chi connectivity index (χ4n) is 4.33. The molecule has 1 atom stereocenters. The maximum Gasteiger partial charge on any atom is 0.243 e. The first-order valence-corrected chi connectivity index (χ1v) is 13.1. The van der Waals surface area contributed by atoms with Crippen LogP contribution in [0.25, 0.3) is 17.5 Å². The van der Waals surface area contributed by atoms with Crippen LogP contribution in [-0.4, -0.2) is 38.9 Å². The molecule has 4 N–H and O–H groups in total. The van der Waals surface area contributed by atoms with Crippen LogP contribution in [0.1, 0.15) is 50.4 Å².